The second-order valence-electron chi connectivity index (χ2n) is 4.90. The zero-order valence-corrected chi connectivity index (χ0v) is 11.3. The van der Waals surface area contributed by atoms with Gasteiger partial charge in [-0.05, 0) is 45.4 Å². The molecule has 1 heterocycles. The van der Waals surface area contributed by atoms with E-state index < -0.39 is 0 Å². The number of aryl methyl sites for hydroxylation is 2. The van der Waals surface area contributed by atoms with Gasteiger partial charge in [0.05, 0.1) is 0 Å². The molecular formula is C15H18N2O. The first-order chi connectivity index (χ1) is 8.50. The highest BCUT2D eigenvalue weighted by Crippen LogP contribution is 2.17. The SMILES string of the molecule is Cc1ccc(C)c(C(=O)c2ccnn2C(C)C)c1. The van der Waals surface area contributed by atoms with Gasteiger partial charge in [0.1, 0.15) is 5.69 Å². The Kier molecular flexibility index (Phi) is 3.32. The number of hydrogen-bond donors (Lipinski definition) is 0. The summed E-state index contributed by atoms with van der Waals surface area (Å²) in [4.78, 5) is 12.5. The number of ketones is 1. The van der Waals surface area contributed by atoms with Crippen molar-refractivity contribution in [3.05, 3.63) is 52.8 Å². The van der Waals surface area contributed by atoms with Crippen LogP contribution in [0.4, 0.5) is 0 Å². The third-order valence-electron chi connectivity index (χ3n) is 3.03. The molecule has 0 aliphatic heterocycles. The molecule has 1 aromatic carbocycles. The average molecular weight is 242 g/mol. The highest BCUT2D eigenvalue weighted by atomic mass is 16.1. The molecule has 2 rings (SSSR count). The number of carbonyl (C=O) groups excluding carboxylic acids is 1. The van der Waals surface area contributed by atoms with Crippen LogP contribution in [0.2, 0.25) is 0 Å². The molecule has 0 saturated carbocycles. The van der Waals surface area contributed by atoms with Crippen LogP contribution in [0.1, 0.15) is 47.1 Å². The minimum atomic E-state index is 0.0439. The van der Waals surface area contributed by atoms with E-state index in [0.717, 1.165) is 16.7 Å². The van der Waals surface area contributed by atoms with Crippen LogP contribution in [-0.2, 0) is 0 Å². The molecule has 18 heavy (non-hydrogen) atoms. The smallest absolute Gasteiger partial charge is 0.211 e. The van der Waals surface area contributed by atoms with Crippen molar-refractivity contribution in [3.8, 4) is 0 Å². The van der Waals surface area contributed by atoms with Crippen molar-refractivity contribution < 1.29 is 4.79 Å². The molecule has 0 saturated heterocycles. The van der Waals surface area contributed by atoms with Crippen molar-refractivity contribution in [1.29, 1.82) is 0 Å². The summed E-state index contributed by atoms with van der Waals surface area (Å²) in [6.07, 6.45) is 1.68. The quantitative estimate of drug-likeness (QED) is 0.774. The lowest BCUT2D eigenvalue weighted by Crippen LogP contribution is -2.14. The van der Waals surface area contributed by atoms with Crippen LogP contribution in [0, 0.1) is 13.8 Å². The molecule has 0 radical (unpaired) electrons. The first kappa shape index (κ1) is 12.6. The first-order valence-electron chi connectivity index (χ1n) is 6.16. The van der Waals surface area contributed by atoms with Gasteiger partial charge in [-0.3, -0.25) is 9.48 Å². The van der Waals surface area contributed by atoms with E-state index in [1.807, 2.05) is 45.9 Å². The summed E-state index contributed by atoms with van der Waals surface area (Å²) in [5.41, 5.74) is 3.51. The normalized spacial score (nSPS) is 10.9. The monoisotopic (exact) mass is 242 g/mol. The van der Waals surface area contributed by atoms with Crippen molar-refractivity contribution in [3.63, 3.8) is 0 Å². The van der Waals surface area contributed by atoms with Crippen LogP contribution in [0.25, 0.3) is 0 Å². The molecule has 0 aliphatic carbocycles. The maximum Gasteiger partial charge on any atom is 0.211 e. The van der Waals surface area contributed by atoms with Crippen molar-refractivity contribution >= 4 is 5.78 Å². The summed E-state index contributed by atoms with van der Waals surface area (Å²) in [5.74, 6) is 0.0439. The Balaban J connectivity index is 2.48. The van der Waals surface area contributed by atoms with Crippen LogP contribution in [-0.4, -0.2) is 15.6 Å². The summed E-state index contributed by atoms with van der Waals surface area (Å²) in [6, 6.07) is 7.91. The summed E-state index contributed by atoms with van der Waals surface area (Å²) in [5, 5.41) is 4.21. The molecule has 0 N–H and O–H groups in total. The largest absolute Gasteiger partial charge is 0.287 e. The van der Waals surface area contributed by atoms with E-state index in [0.29, 0.717) is 5.69 Å². The van der Waals surface area contributed by atoms with Crippen LogP contribution >= 0.6 is 0 Å². The molecule has 94 valence electrons. The Morgan fingerprint density at radius 2 is 1.94 bits per heavy atom. The molecule has 0 unspecified atom stereocenters. The Hall–Kier alpha value is -1.90. The fraction of sp³-hybridized carbons (Fsp3) is 0.333. The number of benzene rings is 1. The number of nitrogens with zero attached hydrogens (tertiary/aromatic N) is 2. The molecular weight excluding hydrogens is 224 g/mol. The Bertz CT molecular complexity index is 582. The van der Waals surface area contributed by atoms with Crippen molar-refractivity contribution in [2.75, 3.05) is 0 Å². The lowest BCUT2D eigenvalue weighted by Gasteiger charge is -2.11. The molecule has 0 spiro atoms. The van der Waals surface area contributed by atoms with Gasteiger partial charge >= 0.3 is 0 Å². The summed E-state index contributed by atoms with van der Waals surface area (Å²) in [7, 11) is 0. The maximum atomic E-state index is 12.5. The van der Waals surface area contributed by atoms with Crippen LogP contribution < -0.4 is 0 Å². The molecule has 2 aromatic rings. The maximum absolute atomic E-state index is 12.5. The summed E-state index contributed by atoms with van der Waals surface area (Å²) >= 11 is 0. The minimum Gasteiger partial charge on any atom is -0.287 e. The van der Waals surface area contributed by atoms with E-state index in [-0.39, 0.29) is 11.8 Å². The molecule has 3 nitrogen and oxygen atoms in total. The van der Waals surface area contributed by atoms with Gasteiger partial charge in [0.25, 0.3) is 0 Å². The van der Waals surface area contributed by atoms with Gasteiger partial charge in [-0.15, -0.1) is 0 Å². The zero-order chi connectivity index (χ0) is 13.3. The predicted molar refractivity (Wildman–Crippen MR) is 72.0 cm³/mol. The highest BCUT2D eigenvalue weighted by molar-refractivity contribution is 6.08. The van der Waals surface area contributed by atoms with E-state index in [1.54, 1.807) is 16.9 Å². The van der Waals surface area contributed by atoms with Crippen molar-refractivity contribution in [2.45, 2.75) is 33.7 Å². The zero-order valence-electron chi connectivity index (χ0n) is 11.3. The first-order valence-corrected chi connectivity index (χ1v) is 6.16. The van der Waals surface area contributed by atoms with Crippen LogP contribution in [0.15, 0.2) is 30.5 Å². The van der Waals surface area contributed by atoms with E-state index in [2.05, 4.69) is 5.10 Å². The Labute approximate surface area is 107 Å². The van der Waals surface area contributed by atoms with Gasteiger partial charge in [-0.2, -0.15) is 5.10 Å². The minimum absolute atomic E-state index is 0.0439. The summed E-state index contributed by atoms with van der Waals surface area (Å²) in [6.45, 7) is 8.00. The van der Waals surface area contributed by atoms with E-state index >= 15 is 0 Å². The lowest BCUT2D eigenvalue weighted by molar-refractivity contribution is 0.102. The number of aromatic nitrogens is 2. The Morgan fingerprint density at radius 1 is 1.22 bits per heavy atom. The molecule has 1 aromatic heterocycles. The van der Waals surface area contributed by atoms with E-state index in [1.165, 1.54) is 0 Å². The second kappa shape index (κ2) is 4.77. The number of rotatable bonds is 3. The van der Waals surface area contributed by atoms with Gasteiger partial charge in [-0.1, -0.05) is 17.7 Å². The van der Waals surface area contributed by atoms with Gasteiger partial charge in [0, 0.05) is 17.8 Å². The summed E-state index contributed by atoms with van der Waals surface area (Å²) < 4.78 is 1.77. The molecule has 0 bridgehead atoms. The molecule has 3 heteroatoms. The van der Waals surface area contributed by atoms with Crippen molar-refractivity contribution in [1.82, 2.24) is 9.78 Å². The van der Waals surface area contributed by atoms with Gasteiger partial charge < -0.3 is 0 Å². The third-order valence-corrected chi connectivity index (χ3v) is 3.03. The van der Waals surface area contributed by atoms with E-state index in [9.17, 15) is 4.79 Å². The van der Waals surface area contributed by atoms with Gasteiger partial charge in [0.15, 0.2) is 0 Å². The van der Waals surface area contributed by atoms with Gasteiger partial charge in [0.2, 0.25) is 5.78 Å². The van der Waals surface area contributed by atoms with E-state index in [4.69, 9.17) is 0 Å². The Morgan fingerprint density at radius 3 is 2.61 bits per heavy atom. The van der Waals surface area contributed by atoms with Crippen molar-refractivity contribution in [2.24, 2.45) is 0 Å². The number of carbonyl (C=O) groups is 1. The number of hydrogen-bond acceptors (Lipinski definition) is 2. The fourth-order valence-electron chi connectivity index (χ4n) is 2.02. The highest BCUT2D eigenvalue weighted by Gasteiger charge is 2.17. The van der Waals surface area contributed by atoms with Gasteiger partial charge in [-0.25, -0.2) is 0 Å². The van der Waals surface area contributed by atoms with Crippen LogP contribution in [0.5, 0.6) is 0 Å². The topological polar surface area (TPSA) is 34.9 Å². The molecule has 0 aliphatic rings. The third kappa shape index (κ3) is 2.21. The second-order valence-corrected chi connectivity index (χ2v) is 4.90. The predicted octanol–water partition coefficient (Wildman–Crippen LogP) is 3.31. The van der Waals surface area contributed by atoms with Crippen LogP contribution in [0.3, 0.4) is 0 Å². The average Bonchev–Trinajstić information content (AvgIpc) is 2.80. The standard InChI is InChI=1S/C15H18N2O/c1-10(2)17-14(7-8-16-17)15(18)13-9-11(3)5-6-12(13)4/h5-10H,1-4H3. The fourth-order valence-corrected chi connectivity index (χ4v) is 2.02. The molecule has 0 amide bonds. The lowest BCUT2D eigenvalue weighted by atomic mass is 10.00. The molecule has 0 atom stereocenters. The molecule has 0 fully saturated rings.